The largest absolute Gasteiger partial charge is 0.373 e. The summed E-state index contributed by atoms with van der Waals surface area (Å²) in [4.78, 5) is 11.7. The standard InChI is InChI=1S/C18H15FN2O4S/c19-15-6-3-7-17(14(15)11-20)26(23,24)21-18(22)10-16-13-5-2-1-4-12(13)8-9-25-16/h1-7,16H,8-10H2,(H,21,22). The van der Waals surface area contributed by atoms with E-state index in [4.69, 9.17) is 10.00 Å². The second-order valence-electron chi connectivity index (χ2n) is 5.77. The Labute approximate surface area is 150 Å². The molecule has 134 valence electrons. The van der Waals surface area contributed by atoms with Gasteiger partial charge in [0.25, 0.3) is 10.0 Å². The van der Waals surface area contributed by atoms with Crippen molar-refractivity contribution >= 4 is 15.9 Å². The summed E-state index contributed by atoms with van der Waals surface area (Å²) in [6.45, 7) is 0.435. The average molecular weight is 374 g/mol. The fraction of sp³-hybridized carbons (Fsp3) is 0.222. The lowest BCUT2D eigenvalue weighted by Gasteiger charge is -2.25. The lowest BCUT2D eigenvalue weighted by Crippen LogP contribution is -2.33. The molecule has 0 saturated carbocycles. The van der Waals surface area contributed by atoms with E-state index in [1.165, 1.54) is 6.07 Å². The molecule has 1 heterocycles. The summed E-state index contributed by atoms with van der Waals surface area (Å²) in [5, 5.41) is 8.98. The molecule has 0 aliphatic carbocycles. The van der Waals surface area contributed by atoms with Gasteiger partial charge < -0.3 is 4.74 Å². The molecule has 3 rings (SSSR count). The summed E-state index contributed by atoms with van der Waals surface area (Å²) in [7, 11) is -4.37. The number of ether oxygens (including phenoxy) is 1. The number of fused-ring (bicyclic) bond motifs is 1. The third-order valence-electron chi connectivity index (χ3n) is 4.09. The number of nitrogens with one attached hydrogen (secondary N) is 1. The van der Waals surface area contributed by atoms with Crippen molar-refractivity contribution in [2.24, 2.45) is 0 Å². The highest BCUT2D eigenvalue weighted by Gasteiger charge is 2.27. The molecular weight excluding hydrogens is 359 g/mol. The van der Waals surface area contributed by atoms with E-state index in [9.17, 15) is 17.6 Å². The molecule has 0 bridgehead atoms. The van der Waals surface area contributed by atoms with Crippen LogP contribution in [0.1, 0.15) is 29.2 Å². The molecule has 0 saturated heterocycles. The molecule has 6 nitrogen and oxygen atoms in total. The zero-order valence-corrected chi connectivity index (χ0v) is 14.4. The smallest absolute Gasteiger partial charge is 0.265 e. The fourth-order valence-corrected chi connectivity index (χ4v) is 4.06. The number of benzene rings is 2. The topological polar surface area (TPSA) is 96.3 Å². The van der Waals surface area contributed by atoms with Crippen LogP contribution >= 0.6 is 0 Å². The molecular formula is C18H15FN2O4S. The molecule has 2 aromatic rings. The average Bonchev–Trinajstić information content (AvgIpc) is 2.61. The number of carbonyl (C=O) groups excluding carboxylic acids is 1. The molecule has 26 heavy (non-hydrogen) atoms. The number of hydrogen-bond acceptors (Lipinski definition) is 5. The van der Waals surface area contributed by atoms with Crippen LogP contribution in [0.5, 0.6) is 0 Å². The Kier molecular flexibility index (Phi) is 5.02. The number of hydrogen-bond donors (Lipinski definition) is 1. The normalized spacial score (nSPS) is 16.4. The number of halogens is 1. The molecule has 0 aromatic heterocycles. The fourth-order valence-electron chi connectivity index (χ4n) is 2.90. The maximum atomic E-state index is 13.6. The van der Waals surface area contributed by atoms with Crippen LogP contribution in [0.3, 0.4) is 0 Å². The highest BCUT2D eigenvalue weighted by atomic mass is 32.2. The summed E-state index contributed by atoms with van der Waals surface area (Å²) in [5.74, 6) is -1.76. The minimum absolute atomic E-state index is 0.201. The Hall–Kier alpha value is -2.76. The van der Waals surface area contributed by atoms with Crippen molar-refractivity contribution in [1.29, 1.82) is 5.26 Å². The van der Waals surface area contributed by atoms with E-state index >= 15 is 0 Å². The van der Waals surface area contributed by atoms with Crippen molar-refractivity contribution in [2.75, 3.05) is 6.61 Å². The van der Waals surface area contributed by atoms with Gasteiger partial charge in [-0.15, -0.1) is 0 Å². The van der Waals surface area contributed by atoms with Crippen molar-refractivity contribution < 1.29 is 22.3 Å². The van der Waals surface area contributed by atoms with Gasteiger partial charge in [-0.3, -0.25) is 4.79 Å². The molecule has 2 aromatic carbocycles. The number of rotatable bonds is 4. The van der Waals surface area contributed by atoms with E-state index < -0.39 is 38.3 Å². The first-order valence-corrected chi connectivity index (χ1v) is 9.34. The Morgan fingerprint density at radius 2 is 2.04 bits per heavy atom. The van der Waals surface area contributed by atoms with Crippen LogP contribution in [-0.4, -0.2) is 20.9 Å². The SMILES string of the molecule is N#Cc1c(F)cccc1S(=O)(=O)NC(=O)CC1OCCc2ccccc21. The van der Waals surface area contributed by atoms with Gasteiger partial charge in [0.1, 0.15) is 22.3 Å². The number of amides is 1. The maximum Gasteiger partial charge on any atom is 0.265 e. The monoisotopic (exact) mass is 374 g/mol. The van der Waals surface area contributed by atoms with Crippen LogP contribution in [0.4, 0.5) is 4.39 Å². The van der Waals surface area contributed by atoms with Crippen molar-refractivity contribution in [3.63, 3.8) is 0 Å². The van der Waals surface area contributed by atoms with E-state index in [-0.39, 0.29) is 6.42 Å². The molecule has 1 N–H and O–H groups in total. The van der Waals surface area contributed by atoms with Crippen LogP contribution in [0.2, 0.25) is 0 Å². The molecule has 1 unspecified atom stereocenters. The number of nitrogens with zero attached hydrogens (tertiary/aromatic N) is 1. The Morgan fingerprint density at radius 1 is 1.27 bits per heavy atom. The highest BCUT2D eigenvalue weighted by molar-refractivity contribution is 7.90. The van der Waals surface area contributed by atoms with Gasteiger partial charge in [-0.1, -0.05) is 30.3 Å². The van der Waals surface area contributed by atoms with Crippen LogP contribution in [0.25, 0.3) is 0 Å². The summed E-state index contributed by atoms with van der Waals surface area (Å²) >= 11 is 0. The Bertz CT molecular complexity index is 998. The van der Waals surface area contributed by atoms with Crippen LogP contribution < -0.4 is 4.72 Å². The predicted molar refractivity (Wildman–Crippen MR) is 89.9 cm³/mol. The first-order valence-electron chi connectivity index (χ1n) is 7.86. The van der Waals surface area contributed by atoms with Crippen molar-refractivity contribution in [1.82, 2.24) is 4.72 Å². The summed E-state index contributed by atoms with van der Waals surface area (Å²) in [5.41, 5.74) is 1.26. The van der Waals surface area contributed by atoms with Crippen molar-refractivity contribution in [3.8, 4) is 6.07 Å². The molecule has 1 atom stereocenters. The molecule has 0 spiro atoms. The molecule has 1 aliphatic rings. The van der Waals surface area contributed by atoms with E-state index in [2.05, 4.69) is 0 Å². The second-order valence-corrected chi connectivity index (χ2v) is 7.42. The molecule has 0 fully saturated rings. The first kappa shape index (κ1) is 18.0. The zero-order chi connectivity index (χ0) is 18.7. The van der Waals surface area contributed by atoms with Gasteiger partial charge in [-0.25, -0.2) is 17.5 Å². The number of sulfonamides is 1. The number of carbonyl (C=O) groups is 1. The van der Waals surface area contributed by atoms with Gasteiger partial charge in [0.05, 0.1) is 19.1 Å². The first-order chi connectivity index (χ1) is 12.4. The second kappa shape index (κ2) is 7.23. The van der Waals surface area contributed by atoms with Gasteiger partial charge in [0.2, 0.25) is 5.91 Å². The van der Waals surface area contributed by atoms with Gasteiger partial charge in [-0.2, -0.15) is 5.26 Å². The minimum atomic E-state index is -4.37. The molecule has 0 radical (unpaired) electrons. The highest BCUT2D eigenvalue weighted by Crippen LogP contribution is 2.29. The lowest BCUT2D eigenvalue weighted by molar-refractivity contribution is -0.122. The molecule has 8 heteroatoms. The van der Waals surface area contributed by atoms with Crippen LogP contribution in [0, 0.1) is 17.1 Å². The lowest BCUT2D eigenvalue weighted by atomic mass is 9.96. The van der Waals surface area contributed by atoms with Crippen LogP contribution in [-0.2, 0) is 26.0 Å². The summed E-state index contributed by atoms with van der Waals surface area (Å²) in [6.07, 6.45) is -0.0346. The quantitative estimate of drug-likeness (QED) is 0.885. The van der Waals surface area contributed by atoms with Gasteiger partial charge in [-0.05, 0) is 29.7 Å². The molecule has 1 amide bonds. The van der Waals surface area contributed by atoms with Gasteiger partial charge in [0, 0.05) is 0 Å². The van der Waals surface area contributed by atoms with E-state index in [1.807, 2.05) is 29.0 Å². The van der Waals surface area contributed by atoms with E-state index in [0.29, 0.717) is 6.61 Å². The van der Waals surface area contributed by atoms with E-state index in [1.54, 1.807) is 0 Å². The maximum absolute atomic E-state index is 13.6. The third-order valence-corrected chi connectivity index (χ3v) is 5.50. The third kappa shape index (κ3) is 3.59. The van der Waals surface area contributed by atoms with Crippen LogP contribution in [0.15, 0.2) is 47.4 Å². The Balaban J connectivity index is 1.79. The Morgan fingerprint density at radius 3 is 2.81 bits per heavy atom. The van der Waals surface area contributed by atoms with Crippen molar-refractivity contribution in [3.05, 3.63) is 65.0 Å². The summed E-state index contributed by atoms with van der Waals surface area (Å²) < 4.78 is 45.9. The minimum Gasteiger partial charge on any atom is -0.373 e. The van der Waals surface area contributed by atoms with Crippen molar-refractivity contribution in [2.45, 2.75) is 23.8 Å². The van der Waals surface area contributed by atoms with E-state index in [0.717, 1.165) is 35.7 Å². The van der Waals surface area contributed by atoms with Gasteiger partial charge >= 0.3 is 0 Å². The van der Waals surface area contributed by atoms with Gasteiger partial charge in [0.15, 0.2) is 0 Å². The zero-order valence-electron chi connectivity index (χ0n) is 13.6. The summed E-state index contributed by atoms with van der Waals surface area (Å²) in [6, 6.07) is 12.2. The molecule has 1 aliphatic heterocycles. The number of nitriles is 1. The predicted octanol–water partition coefficient (Wildman–Crippen LogP) is 2.21.